The fourth-order valence-electron chi connectivity index (χ4n) is 0. The van der Waals surface area contributed by atoms with Crippen LogP contribution in [0.25, 0.3) is 0 Å². The Balaban J connectivity index is 2.85. The zero-order chi connectivity index (χ0) is 4.28. The van der Waals surface area contributed by atoms with Crippen LogP contribution < -0.4 is 4.23 Å². The van der Waals surface area contributed by atoms with Crippen LogP contribution in [0.2, 0.25) is 0 Å². The zero-order valence-electron chi connectivity index (χ0n) is 2.99. The number of amides is 1. The number of carbonyl (C=O) groups excluding carboxylic acids is 1. The van der Waals surface area contributed by atoms with E-state index in [1.54, 1.807) is 0 Å². The minimum atomic E-state index is 0.0324. The van der Waals surface area contributed by atoms with E-state index in [0.29, 0.717) is 0 Å². The van der Waals surface area contributed by atoms with Crippen LogP contribution >= 0.6 is 0 Å². The van der Waals surface area contributed by atoms with E-state index in [1.165, 1.54) is 24.0 Å². The van der Waals surface area contributed by atoms with Gasteiger partial charge in [0.2, 0.25) is 0 Å². The molecule has 0 aliphatic carbocycles. The molecule has 0 rings (SSSR count). The van der Waals surface area contributed by atoms with Crippen LogP contribution in [0.3, 0.4) is 0 Å². The van der Waals surface area contributed by atoms with Gasteiger partial charge >= 0.3 is 38.9 Å². The van der Waals surface area contributed by atoms with E-state index >= 15 is 0 Å². The predicted molar refractivity (Wildman–Crippen MR) is 22.4 cm³/mol. The van der Waals surface area contributed by atoms with Gasteiger partial charge in [-0.2, -0.15) is 0 Å². The van der Waals surface area contributed by atoms with Gasteiger partial charge in [0, 0.05) is 0 Å². The fourth-order valence-corrected chi connectivity index (χ4v) is 0. The van der Waals surface area contributed by atoms with Crippen LogP contribution in [0.4, 0.5) is 0 Å². The molecule has 0 spiro atoms. The van der Waals surface area contributed by atoms with Crippen molar-refractivity contribution in [2.24, 2.45) is 0 Å². The molecule has 30 valence electrons. The molecule has 3 heteroatoms. The summed E-state index contributed by atoms with van der Waals surface area (Å²) in [5, 5.41) is 0. The van der Waals surface area contributed by atoms with Crippen LogP contribution in [0, 0.1) is 0 Å². The number of carbonyl (C=O) groups is 1. The SMILES string of the molecule is CC(=O)N[AsH2]. The van der Waals surface area contributed by atoms with Crippen molar-refractivity contribution in [3.05, 3.63) is 0 Å². The Morgan fingerprint density at radius 3 is 2.20 bits per heavy atom. The number of hydrogen-bond acceptors (Lipinski definition) is 1. The van der Waals surface area contributed by atoms with Crippen LogP contribution in [-0.4, -0.2) is 23.0 Å². The average molecular weight is 135 g/mol. The third kappa shape index (κ3) is 4.03. The Kier molecular flexibility index (Phi) is 2.29. The monoisotopic (exact) mass is 135 g/mol. The summed E-state index contributed by atoms with van der Waals surface area (Å²) < 4.78 is 2.45. The maximum absolute atomic E-state index is 9.72. The molecule has 0 aromatic carbocycles. The molecule has 0 fully saturated rings. The summed E-state index contributed by atoms with van der Waals surface area (Å²) >= 11 is 1.23. The molecule has 1 unspecified atom stereocenters. The van der Waals surface area contributed by atoms with E-state index < -0.39 is 0 Å². The van der Waals surface area contributed by atoms with Crippen molar-refractivity contribution in [3.63, 3.8) is 0 Å². The van der Waals surface area contributed by atoms with Crippen LogP contribution in [0.5, 0.6) is 0 Å². The summed E-state index contributed by atoms with van der Waals surface area (Å²) in [6.45, 7) is 1.49. The summed E-state index contributed by atoms with van der Waals surface area (Å²) in [6.07, 6.45) is 0. The van der Waals surface area contributed by atoms with Gasteiger partial charge in [-0.05, 0) is 0 Å². The Morgan fingerprint density at radius 2 is 2.20 bits per heavy atom. The molecule has 1 amide bonds. The third-order valence-corrected chi connectivity index (χ3v) is 1.06. The molecule has 0 aromatic rings. The quantitative estimate of drug-likeness (QED) is 0.409. The first-order valence-electron chi connectivity index (χ1n) is 1.24. The van der Waals surface area contributed by atoms with E-state index in [2.05, 4.69) is 4.23 Å². The second-order valence-electron chi connectivity index (χ2n) is 0.701. The van der Waals surface area contributed by atoms with Crippen LogP contribution in [-0.2, 0) is 4.79 Å². The van der Waals surface area contributed by atoms with Crippen molar-refractivity contribution in [2.75, 3.05) is 0 Å². The number of rotatable bonds is 0. The van der Waals surface area contributed by atoms with Gasteiger partial charge in [0.1, 0.15) is 0 Å². The van der Waals surface area contributed by atoms with E-state index in [9.17, 15) is 4.79 Å². The number of nitrogens with one attached hydrogen (secondary N) is 1. The summed E-state index contributed by atoms with van der Waals surface area (Å²) in [6, 6.07) is 0. The molecule has 0 aliphatic rings. The molecule has 0 heterocycles. The molecular formula is C2H6AsNO. The zero-order valence-corrected chi connectivity index (χ0v) is 5.41. The van der Waals surface area contributed by atoms with E-state index in [4.69, 9.17) is 0 Å². The summed E-state index contributed by atoms with van der Waals surface area (Å²) in [7, 11) is 0. The first-order chi connectivity index (χ1) is 2.27. The molecule has 0 radical (unpaired) electrons. The normalized spacial score (nSPS) is 6.80. The second-order valence-corrected chi connectivity index (χ2v) is 1.31. The van der Waals surface area contributed by atoms with E-state index in [1.807, 2.05) is 0 Å². The first kappa shape index (κ1) is 5.03. The molecule has 0 saturated carbocycles. The van der Waals surface area contributed by atoms with Crippen molar-refractivity contribution in [1.82, 2.24) is 4.23 Å². The van der Waals surface area contributed by atoms with Gasteiger partial charge in [0.05, 0.1) is 0 Å². The van der Waals surface area contributed by atoms with Gasteiger partial charge in [-0.15, -0.1) is 0 Å². The molecule has 0 saturated heterocycles. The first-order valence-corrected chi connectivity index (χ1v) is 2.45. The average Bonchev–Trinajstić information content (AvgIpc) is 1.38. The Bertz CT molecular complexity index is 44.9. The Morgan fingerprint density at radius 1 is 2.00 bits per heavy atom. The molecule has 0 bridgehead atoms. The van der Waals surface area contributed by atoms with Crippen LogP contribution in [0.15, 0.2) is 0 Å². The van der Waals surface area contributed by atoms with Crippen molar-refractivity contribution < 1.29 is 4.79 Å². The van der Waals surface area contributed by atoms with Gasteiger partial charge in [-0.25, -0.2) is 0 Å². The Labute approximate surface area is 39.7 Å². The van der Waals surface area contributed by atoms with Gasteiger partial charge in [-0.3, -0.25) is 0 Å². The topological polar surface area (TPSA) is 29.1 Å². The minimum absolute atomic E-state index is 0.0324. The predicted octanol–water partition coefficient (Wildman–Crippen LogP) is -1.33. The summed E-state index contributed by atoms with van der Waals surface area (Å²) in [5.41, 5.74) is 0. The molecule has 1 atom stereocenters. The fraction of sp³-hybridized carbons (Fsp3) is 0.500. The van der Waals surface area contributed by atoms with Gasteiger partial charge in [-0.1, -0.05) is 0 Å². The Hall–Kier alpha value is 0.0284. The number of hydrogen-bond donors (Lipinski definition) is 1. The molecule has 0 aromatic heterocycles. The molecule has 2 nitrogen and oxygen atoms in total. The van der Waals surface area contributed by atoms with Crippen molar-refractivity contribution in [3.8, 4) is 0 Å². The second kappa shape index (κ2) is 2.28. The summed E-state index contributed by atoms with van der Waals surface area (Å²) in [5.74, 6) is 0.0324. The molecular weight excluding hydrogens is 129 g/mol. The summed E-state index contributed by atoms with van der Waals surface area (Å²) in [4.78, 5) is 9.72. The molecule has 1 N–H and O–H groups in total. The maximum atomic E-state index is 9.72. The van der Waals surface area contributed by atoms with Crippen LogP contribution in [0.1, 0.15) is 6.92 Å². The van der Waals surface area contributed by atoms with Gasteiger partial charge < -0.3 is 0 Å². The van der Waals surface area contributed by atoms with Crippen molar-refractivity contribution in [1.29, 1.82) is 0 Å². The van der Waals surface area contributed by atoms with Gasteiger partial charge in [0.25, 0.3) is 0 Å². The van der Waals surface area contributed by atoms with Crippen molar-refractivity contribution in [2.45, 2.75) is 6.92 Å². The van der Waals surface area contributed by atoms with Gasteiger partial charge in [0.15, 0.2) is 0 Å². The van der Waals surface area contributed by atoms with E-state index in [-0.39, 0.29) is 5.91 Å². The third-order valence-electron chi connectivity index (χ3n) is 0.203. The van der Waals surface area contributed by atoms with Crippen molar-refractivity contribution >= 4 is 23.0 Å². The molecule has 5 heavy (non-hydrogen) atoms. The van der Waals surface area contributed by atoms with E-state index in [0.717, 1.165) is 0 Å². The standard InChI is InChI=1S/C2H6AsNO/c1-2(5)4-3/h3H2,1H3,(H,4,5). The molecule has 0 aliphatic heterocycles.